The van der Waals surface area contributed by atoms with Crippen LogP contribution in [0.2, 0.25) is 4.34 Å². The number of thiophene rings is 1. The first-order valence-corrected chi connectivity index (χ1v) is 8.52. The lowest BCUT2D eigenvalue weighted by Crippen LogP contribution is -2.12. The standard InChI is InChI=1S/C18H15ClN2O2S/c1-12-5-2-3-6-13(12)11-23-14-7-4-10-20-17(14)21-18(22)15-8-9-16(19)24-15/h2-10H,11H2,1H3,(H,20,21,22). The number of carbonyl (C=O) groups excluding carboxylic acids is 1. The molecule has 0 unspecified atom stereocenters. The summed E-state index contributed by atoms with van der Waals surface area (Å²) in [5.41, 5.74) is 2.24. The summed E-state index contributed by atoms with van der Waals surface area (Å²) >= 11 is 7.09. The molecule has 0 aliphatic heterocycles. The SMILES string of the molecule is Cc1ccccc1COc1cccnc1NC(=O)c1ccc(Cl)s1. The Balaban J connectivity index is 1.73. The minimum absolute atomic E-state index is 0.258. The molecule has 0 saturated carbocycles. The second kappa shape index (κ2) is 7.47. The molecular formula is C18H15ClN2O2S. The Labute approximate surface area is 149 Å². The fourth-order valence-corrected chi connectivity index (χ4v) is 3.07. The molecule has 0 atom stereocenters. The molecule has 0 aliphatic rings. The number of ether oxygens (including phenoxy) is 1. The molecule has 2 aromatic heterocycles. The van der Waals surface area contributed by atoms with Gasteiger partial charge in [-0.15, -0.1) is 11.3 Å². The zero-order valence-corrected chi connectivity index (χ0v) is 14.5. The summed E-state index contributed by atoms with van der Waals surface area (Å²) in [7, 11) is 0. The number of hydrogen-bond donors (Lipinski definition) is 1. The van der Waals surface area contributed by atoms with Crippen LogP contribution in [-0.4, -0.2) is 10.9 Å². The fraction of sp³-hybridized carbons (Fsp3) is 0.111. The van der Waals surface area contributed by atoms with Crippen molar-refractivity contribution in [2.75, 3.05) is 5.32 Å². The molecule has 0 bridgehead atoms. The van der Waals surface area contributed by atoms with Crippen molar-refractivity contribution in [1.82, 2.24) is 4.98 Å². The van der Waals surface area contributed by atoms with Crippen molar-refractivity contribution < 1.29 is 9.53 Å². The maximum absolute atomic E-state index is 12.3. The van der Waals surface area contributed by atoms with Crippen LogP contribution in [0.3, 0.4) is 0 Å². The van der Waals surface area contributed by atoms with Gasteiger partial charge >= 0.3 is 0 Å². The van der Waals surface area contributed by atoms with Crippen LogP contribution < -0.4 is 10.1 Å². The van der Waals surface area contributed by atoms with Crippen LogP contribution in [0.5, 0.6) is 5.75 Å². The van der Waals surface area contributed by atoms with Gasteiger partial charge in [-0.05, 0) is 42.3 Å². The van der Waals surface area contributed by atoms with E-state index in [0.717, 1.165) is 11.1 Å². The Hall–Kier alpha value is -2.37. The number of rotatable bonds is 5. The Morgan fingerprint density at radius 3 is 2.79 bits per heavy atom. The van der Waals surface area contributed by atoms with Gasteiger partial charge in [-0.2, -0.15) is 0 Å². The summed E-state index contributed by atoms with van der Waals surface area (Å²) in [5, 5.41) is 2.77. The van der Waals surface area contributed by atoms with Crippen molar-refractivity contribution in [2.45, 2.75) is 13.5 Å². The number of aromatic nitrogens is 1. The van der Waals surface area contributed by atoms with E-state index in [1.54, 1.807) is 30.5 Å². The van der Waals surface area contributed by atoms with Crippen molar-refractivity contribution in [1.29, 1.82) is 0 Å². The van der Waals surface area contributed by atoms with Gasteiger partial charge in [0, 0.05) is 6.20 Å². The first-order chi connectivity index (χ1) is 11.6. The number of anilines is 1. The smallest absolute Gasteiger partial charge is 0.267 e. The lowest BCUT2D eigenvalue weighted by molar-refractivity contribution is 0.102. The number of nitrogens with zero attached hydrogens (tertiary/aromatic N) is 1. The van der Waals surface area contributed by atoms with E-state index in [1.807, 2.05) is 31.2 Å². The number of aryl methyl sites for hydroxylation is 1. The summed E-state index contributed by atoms with van der Waals surface area (Å²) < 4.78 is 6.41. The van der Waals surface area contributed by atoms with Gasteiger partial charge in [-0.1, -0.05) is 35.9 Å². The van der Waals surface area contributed by atoms with Gasteiger partial charge in [0.05, 0.1) is 9.21 Å². The molecule has 6 heteroatoms. The van der Waals surface area contributed by atoms with Crippen molar-refractivity contribution in [3.05, 3.63) is 75.1 Å². The van der Waals surface area contributed by atoms with Gasteiger partial charge < -0.3 is 10.1 Å². The topological polar surface area (TPSA) is 51.2 Å². The van der Waals surface area contributed by atoms with Crippen LogP contribution in [0.15, 0.2) is 54.7 Å². The molecule has 24 heavy (non-hydrogen) atoms. The average molecular weight is 359 g/mol. The normalized spacial score (nSPS) is 10.4. The van der Waals surface area contributed by atoms with Crippen LogP contribution in [-0.2, 0) is 6.61 Å². The van der Waals surface area contributed by atoms with Gasteiger partial charge in [0.2, 0.25) is 0 Å². The molecule has 0 spiro atoms. The van der Waals surface area contributed by atoms with Gasteiger partial charge in [0.1, 0.15) is 6.61 Å². The maximum Gasteiger partial charge on any atom is 0.267 e. The molecule has 0 aliphatic carbocycles. The van der Waals surface area contributed by atoms with Crippen LogP contribution in [0, 0.1) is 6.92 Å². The molecule has 2 heterocycles. The van der Waals surface area contributed by atoms with E-state index >= 15 is 0 Å². The number of carbonyl (C=O) groups is 1. The molecule has 3 rings (SSSR count). The third kappa shape index (κ3) is 3.93. The molecule has 0 saturated heterocycles. The number of pyridine rings is 1. The van der Waals surface area contributed by atoms with E-state index in [9.17, 15) is 4.79 Å². The van der Waals surface area contributed by atoms with Crippen LogP contribution >= 0.6 is 22.9 Å². The summed E-state index contributed by atoms with van der Waals surface area (Å²) in [6.07, 6.45) is 1.61. The monoisotopic (exact) mass is 358 g/mol. The van der Waals surface area contributed by atoms with E-state index in [4.69, 9.17) is 16.3 Å². The molecule has 0 fully saturated rings. The molecule has 122 valence electrons. The number of amides is 1. The van der Waals surface area contributed by atoms with Crippen molar-refractivity contribution in [3.8, 4) is 5.75 Å². The van der Waals surface area contributed by atoms with Crippen molar-refractivity contribution in [3.63, 3.8) is 0 Å². The molecule has 1 aromatic carbocycles. The minimum atomic E-state index is -0.258. The molecular weight excluding hydrogens is 344 g/mol. The zero-order chi connectivity index (χ0) is 16.9. The highest BCUT2D eigenvalue weighted by Crippen LogP contribution is 2.26. The Morgan fingerprint density at radius 2 is 2.04 bits per heavy atom. The van der Waals surface area contributed by atoms with Crippen LogP contribution in [0.25, 0.3) is 0 Å². The maximum atomic E-state index is 12.3. The van der Waals surface area contributed by atoms with Crippen LogP contribution in [0.4, 0.5) is 5.82 Å². The Kier molecular flexibility index (Phi) is 5.13. The van der Waals surface area contributed by atoms with Crippen molar-refractivity contribution in [2.24, 2.45) is 0 Å². The third-order valence-electron chi connectivity index (χ3n) is 3.44. The first-order valence-electron chi connectivity index (χ1n) is 7.32. The number of nitrogens with one attached hydrogen (secondary N) is 1. The van der Waals surface area contributed by atoms with Crippen LogP contribution in [0.1, 0.15) is 20.8 Å². The largest absolute Gasteiger partial charge is 0.485 e. The highest BCUT2D eigenvalue weighted by Gasteiger charge is 2.13. The van der Waals surface area contributed by atoms with Gasteiger partial charge in [0.25, 0.3) is 5.91 Å². The molecule has 3 aromatic rings. The van der Waals surface area contributed by atoms with E-state index in [0.29, 0.717) is 27.4 Å². The second-order valence-corrected chi connectivity index (χ2v) is 6.84. The van der Waals surface area contributed by atoms with E-state index < -0.39 is 0 Å². The molecule has 1 N–H and O–H groups in total. The van der Waals surface area contributed by atoms with E-state index in [1.165, 1.54) is 11.3 Å². The van der Waals surface area contributed by atoms with Crippen molar-refractivity contribution >= 4 is 34.7 Å². The zero-order valence-electron chi connectivity index (χ0n) is 13.0. The van der Waals surface area contributed by atoms with Gasteiger partial charge in [0.15, 0.2) is 11.6 Å². The number of halogens is 1. The number of benzene rings is 1. The predicted molar refractivity (Wildman–Crippen MR) is 97.0 cm³/mol. The summed E-state index contributed by atoms with van der Waals surface area (Å²) in [4.78, 5) is 17.0. The lowest BCUT2D eigenvalue weighted by Gasteiger charge is -2.12. The molecule has 4 nitrogen and oxygen atoms in total. The average Bonchev–Trinajstić information content (AvgIpc) is 3.02. The molecule has 1 amide bonds. The Morgan fingerprint density at radius 1 is 1.21 bits per heavy atom. The number of hydrogen-bond acceptors (Lipinski definition) is 4. The summed E-state index contributed by atoms with van der Waals surface area (Å²) in [6, 6.07) is 14.9. The highest BCUT2D eigenvalue weighted by molar-refractivity contribution is 7.18. The third-order valence-corrected chi connectivity index (χ3v) is 4.67. The van der Waals surface area contributed by atoms with Gasteiger partial charge in [-0.3, -0.25) is 4.79 Å². The lowest BCUT2D eigenvalue weighted by atomic mass is 10.1. The summed E-state index contributed by atoms with van der Waals surface area (Å²) in [5.74, 6) is 0.656. The van der Waals surface area contributed by atoms with E-state index in [-0.39, 0.29) is 5.91 Å². The minimum Gasteiger partial charge on any atom is -0.485 e. The first kappa shape index (κ1) is 16.5. The fourth-order valence-electron chi connectivity index (χ4n) is 2.13. The Bertz CT molecular complexity index is 863. The predicted octanol–water partition coefficient (Wildman–Crippen LogP) is 4.94. The highest BCUT2D eigenvalue weighted by atomic mass is 35.5. The van der Waals surface area contributed by atoms with Gasteiger partial charge in [-0.25, -0.2) is 4.98 Å². The van der Waals surface area contributed by atoms with E-state index in [2.05, 4.69) is 10.3 Å². The molecule has 0 radical (unpaired) electrons. The quantitative estimate of drug-likeness (QED) is 0.703. The summed E-state index contributed by atoms with van der Waals surface area (Å²) in [6.45, 7) is 2.44. The second-order valence-electron chi connectivity index (χ2n) is 5.12.